The fraction of sp³-hybridized carbons (Fsp3) is 0.263. The number of hydrazone groups is 1. The Labute approximate surface area is 162 Å². The molecule has 134 valence electrons. The van der Waals surface area contributed by atoms with Gasteiger partial charge in [0.25, 0.3) is 0 Å². The van der Waals surface area contributed by atoms with E-state index in [0.717, 1.165) is 42.6 Å². The Bertz CT molecular complexity index is 889. The van der Waals surface area contributed by atoms with Gasteiger partial charge >= 0.3 is 6.03 Å². The summed E-state index contributed by atoms with van der Waals surface area (Å²) in [5.74, 6) is 0. The van der Waals surface area contributed by atoms with Gasteiger partial charge in [-0.2, -0.15) is 5.10 Å². The third-order valence-electron chi connectivity index (χ3n) is 4.72. The van der Waals surface area contributed by atoms with Crippen LogP contribution in [0.3, 0.4) is 0 Å². The molecule has 0 bridgehead atoms. The maximum atomic E-state index is 12.9. The zero-order chi connectivity index (χ0) is 18.3. The second kappa shape index (κ2) is 6.82. The molecule has 7 heteroatoms. The molecule has 2 aromatic carbocycles. The second-order valence-corrected chi connectivity index (χ2v) is 7.34. The molecule has 2 aliphatic rings. The first-order chi connectivity index (χ1) is 12.5. The monoisotopic (exact) mass is 388 g/mol. The minimum atomic E-state index is -0.0767. The van der Waals surface area contributed by atoms with E-state index in [9.17, 15) is 4.79 Å². The third-order valence-corrected chi connectivity index (χ3v) is 5.45. The molecule has 26 heavy (non-hydrogen) atoms. The van der Waals surface area contributed by atoms with Gasteiger partial charge in [-0.1, -0.05) is 35.3 Å². The second-order valence-electron chi connectivity index (χ2n) is 6.53. The van der Waals surface area contributed by atoms with Crippen LogP contribution in [0.25, 0.3) is 0 Å². The fourth-order valence-electron chi connectivity index (χ4n) is 3.35. The van der Waals surface area contributed by atoms with Gasteiger partial charge in [-0.3, -0.25) is 0 Å². The first-order valence-corrected chi connectivity index (χ1v) is 9.28. The van der Waals surface area contributed by atoms with Gasteiger partial charge in [-0.15, -0.1) is 0 Å². The van der Waals surface area contributed by atoms with Crippen LogP contribution in [0.15, 0.2) is 41.5 Å². The molecule has 0 aromatic heterocycles. The molecule has 2 N–H and O–H groups in total. The molecule has 0 unspecified atom stereocenters. The molecular formula is C19H18Cl2N4O. The lowest BCUT2D eigenvalue weighted by molar-refractivity contribution is 0.161. The van der Waals surface area contributed by atoms with E-state index >= 15 is 0 Å². The van der Waals surface area contributed by atoms with Crippen molar-refractivity contribution in [3.05, 3.63) is 63.1 Å². The number of urea groups is 1. The molecule has 1 saturated heterocycles. The highest BCUT2D eigenvalue weighted by Gasteiger charge is 2.29. The van der Waals surface area contributed by atoms with E-state index in [-0.39, 0.29) is 6.03 Å². The molecule has 0 aliphatic carbocycles. The zero-order valence-corrected chi connectivity index (χ0v) is 15.6. The van der Waals surface area contributed by atoms with Crippen LogP contribution in [0, 0.1) is 0 Å². The number of carbonyl (C=O) groups excluding carboxylic acids is 1. The topological polar surface area (TPSA) is 61.9 Å². The van der Waals surface area contributed by atoms with Gasteiger partial charge < -0.3 is 10.6 Å². The number of anilines is 1. The average molecular weight is 389 g/mol. The number of nitrogen functional groups attached to an aromatic ring is 1. The number of rotatable bonds is 1. The van der Waals surface area contributed by atoms with Crippen molar-refractivity contribution < 1.29 is 4.79 Å². The molecular weight excluding hydrogens is 371 g/mol. The predicted octanol–water partition coefficient (Wildman–Crippen LogP) is 4.36. The minimum absolute atomic E-state index is 0.0767. The number of nitrogens with zero attached hydrogens (tertiary/aromatic N) is 3. The summed E-state index contributed by atoms with van der Waals surface area (Å²) in [6.07, 6.45) is 2.07. The summed E-state index contributed by atoms with van der Waals surface area (Å²) in [5.41, 5.74) is 9.85. The highest BCUT2D eigenvalue weighted by atomic mass is 35.5. The van der Waals surface area contributed by atoms with Crippen molar-refractivity contribution in [2.45, 2.75) is 19.4 Å². The molecule has 2 aliphatic heterocycles. The van der Waals surface area contributed by atoms with Crippen molar-refractivity contribution in [1.29, 1.82) is 0 Å². The van der Waals surface area contributed by atoms with Crippen LogP contribution in [-0.4, -0.2) is 34.7 Å². The van der Waals surface area contributed by atoms with Gasteiger partial charge in [0, 0.05) is 29.9 Å². The van der Waals surface area contributed by atoms with Crippen LogP contribution < -0.4 is 5.73 Å². The molecule has 0 saturated carbocycles. The molecule has 2 amide bonds. The molecule has 1 fully saturated rings. The molecule has 5 nitrogen and oxygen atoms in total. The first-order valence-electron chi connectivity index (χ1n) is 8.52. The number of likely N-dealkylation sites (tertiary alicyclic amines) is 1. The Kier molecular flexibility index (Phi) is 4.51. The van der Waals surface area contributed by atoms with E-state index in [4.69, 9.17) is 28.9 Å². The summed E-state index contributed by atoms with van der Waals surface area (Å²) in [4.78, 5) is 14.7. The highest BCUT2D eigenvalue weighted by Crippen LogP contribution is 2.32. The van der Waals surface area contributed by atoms with Crippen LogP contribution in [0.5, 0.6) is 0 Å². The molecule has 4 rings (SSSR count). The predicted molar refractivity (Wildman–Crippen MR) is 105 cm³/mol. The van der Waals surface area contributed by atoms with E-state index in [1.54, 1.807) is 0 Å². The molecule has 0 spiro atoms. The molecule has 0 radical (unpaired) electrons. The Morgan fingerprint density at radius 1 is 1.04 bits per heavy atom. The smallest absolute Gasteiger partial charge is 0.340 e. The normalized spacial score (nSPS) is 16.5. The van der Waals surface area contributed by atoms with Gasteiger partial charge in [-0.05, 0) is 42.7 Å². The van der Waals surface area contributed by atoms with E-state index < -0.39 is 0 Å². The van der Waals surface area contributed by atoms with Gasteiger partial charge in [0.05, 0.1) is 22.3 Å². The lowest BCUT2D eigenvalue weighted by Crippen LogP contribution is -2.41. The summed E-state index contributed by atoms with van der Waals surface area (Å²) in [7, 11) is 0. The largest absolute Gasteiger partial charge is 0.399 e. The number of amides is 2. The lowest BCUT2D eigenvalue weighted by atomic mass is 9.96. The summed E-state index contributed by atoms with van der Waals surface area (Å²) < 4.78 is 0. The van der Waals surface area contributed by atoms with Gasteiger partial charge in [-0.25, -0.2) is 9.80 Å². The minimum Gasteiger partial charge on any atom is -0.399 e. The number of benzene rings is 2. The number of carbonyl (C=O) groups is 1. The number of hydrogen-bond acceptors (Lipinski definition) is 3. The van der Waals surface area contributed by atoms with Gasteiger partial charge in [0.15, 0.2) is 0 Å². The fourth-order valence-corrected chi connectivity index (χ4v) is 3.70. The highest BCUT2D eigenvalue weighted by molar-refractivity contribution is 6.42. The maximum absolute atomic E-state index is 12.9. The summed E-state index contributed by atoms with van der Waals surface area (Å²) in [6.45, 7) is 1.92. The Morgan fingerprint density at radius 2 is 1.69 bits per heavy atom. The van der Waals surface area contributed by atoms with Crippen molar-refractivity contribution in [3.63, 3.8) is 0 Å². The van der Waals surface area contributed by atoms with E-state index in [1.165, 1.54) is 5.01 Å². The van der Waals surface area contributed by atoms with Crippen LogP contribution >= 0.6 is 23.2 Å². The van der Waals surface area contributed by atoms with Gasteiger partial charge in [0.2, 0.25) is 0 Å². The summed E-state index contributed by atoms with van der Waals surface area (Å²) in [5, 5.41) is 7.11. The molecule has 0 atom stereocenters. The molecule has 2 aromatic rings. The number of halogens is 2. The SMILES string of the molecule is Nc1ccc(C2=NN(C(=O)N3CCCC3)Cc3cc(Cl)c(Cl)cc32)cc1. The van der Waals surface area contributed by atoms with Crippen molar-refractivity contribution >= 4 is 40.6 Å². The van der Waals surface area contributed by atoms with Crippen LogP contribution in [0.1, 0.15) is 29.5 Å². The van der Waals surface area contributed by atoms with Crippen molar-refractivity contribution in [2.24, 2.45) is 5.10 Å². The molecule has 2 heterocycles. The van der Waals surface area contributed by atoms with Crippen LogP contribution in [-0.2, 0) is 6.54 Å². The summed E-state index contributed by atoms with van der Waals surface area (Å²) >= 11 is 12.4. The number of hydrogen-bond donors (Lipinski definition) is 1. The van der Waals surface area contributed by atoms with E-state index in [2.05, 4.69) is 5.10 Å². The lowest BCUT2D eigenvalue weighted by Gasteiger charge is -2.29. The third kappa shape index (κ3) is 3.13. The number of fused-ring (bicyclic) bond motifs is 1. The van der Waals surface area contributed by atoms with Gasteiger partial charge in [0.1, 0.15) is 0 Å². The number of nitrogens with two attached hydrogens (primary N) is 1. The maximum Gasteiger partial charge on any atom is 0.340 e. The van der Waals surface area contributed by atoms with Crippen molar-refractivity contribution in [2.75, 3.05) is 18.8 Å². The Hall–Kier alpha value is -2.24. The van der Waals surface area contributed by atoms with Crippen LogP contribution in [0.2, 0.25) is 10.0 Å². The van der Waals surface area contributed by atoms with Crippen molar-refractivity contribution in [3.8, 4) is 0 Å². The standard InChI is InChI=1S/C19H18Cl2N4O/c20-16-9-13-11-25(19(26)24-7-1-2-8-24)23-18(15(13)10-17(16)21)12-3-5-14(22)6-4-12/h3-6,9-10H,1-2,7-8,11,22H2. The summed E-state index contributed by atoms with van der Waals surface area (Å²) in [6, 6.07) is 11.0. The average Bonchev–Trinajstić information content (AvgIpc) is 3.17. The van der Waals surface area contributed by atoms with E-state index in [1.807, 2.05) is 41.3 Å². The Balaban J connectivity index is 1.79. The first kappa shape index (κ1) is 17.2. The zero-order valence-electron chi connectivity index (χ0n) is 14.1. The van der Waals surface area contributed by atoms with Crippen LogP contribution in [0.4, 0.5) is 10.5 Å². The van der Waals surface area contributed by atoms with Crippen molar-refractivity contribution in [1.82, 2.24) is 9.91 Å². The quantitative estimate of drug-likeness (QED) is 0.737. The Morgan fingerprint density at radius 3 is 2.38 bits per heavy atom. The van der Waals surface area contributed by atoms with E-state index in [0.29, 0.717) is 28.0 Å².